The Kier molecular flexibility index (Phi) is 10.00. The molecule has 0 atom stereocenters. The zero-order valence-electron chi connectivity index (χ0n) is 21.0. The number of benzene rings is 2. The number of hydrogen-bond donors (Lipinski definition) is 0. The summed E-state index contributed by atoms with van der Waals surface area (Å²) in [4.78, 5) is -0.458. The van der Waals surface area contributed by atoms with Crippen LogP contribution in [0.25, 0.3) is 0 Å². The van der Waals surface area contributed by atoms with Gasteiger partial charge in [-0.1, -0.05) is 0 Å². The molecule has 7 heteroatoms. The molecule has 2 aromatic carbocycles. The van der Waals surface area contributed by atoms with Gasteiger partial charge in [0.1, 0.15) is 0 Å². The SMILES string of the molecule is Cc1cc(CCC(C)(C)Cl)cc(C)c1[O][Ti]([Cl])([Cl])[O]c1c(C)cc(CCC(C)(C)Cl)cc1C. The van der Waals surface area contributed by atoms with E-state index in [-0.39, 0.29) is 9.75 Å². The fourth-order valence-electron chi connectivity index (χ4n) is 3.83. The Morgan fingerprint density at radius 3 is 1.15 bits per heavy atom. The first kappa shape index (κ1) is 29.1. The summed E-state index contributed by atoms with van der Waals surface area (Å²) in [6.45, 7) is 16.1. The number of rotatable bonds is 10. The molecule has 0 unspecified atom stereocenters. The Hall–Kier alpha value is -0.0857. The normalized spacial score (nSPS) is 12.7. The topological polar surface area (TPSA) is 18.5 Å². The quantitative estimate of drug-likeness (QED) is 0.209. The van der Waals surface area contributed by atoms with Crippen LogP contribution in [0.1, 0.15) is 73.9 Å². The van der Waals surface area contributed by atoms with Gasteiger partial charge in [0.25, 0.3) is 0 Å². The van der Waals surface area contributed by atoms with E-state index in [9.17, 15) is 0 Å². The van der Waals surface area contributed by atoms with Gasteiger partial charge in [-0.15, -0.1) is 0 Å². The second kappa shape index (κ2) is 11.3. The summed E-state index contributed by atoms with van der Waals surface area (Å²) in [5, 5.41) is 0. The molecular weight excluding hydrogens is 534 g/mol. The molecule has 2 rings (SSSR count). The number of aryl methyl sites for hydroxylation is 6. The van der Waals surface area contributed by atoms with Crippen LogP contribution in [0.15, 0.2) is 24.3 Å². The maximum absolute atomic E-state index is 6.69. The number of halogens is 4. The Morgan fingerprint density at radius 2 is 0.909 bits per heavy atom. The third-order valence-corrected chi connectivity index (χ3v) is 8.53. The molecule has 33 heavy (non-hydrogen) atoms. The van der Waals surface area contributed by atoms with Crippen molar-refractivity contribution in [3.8, 4) is 11.5 Å². The van der Waals surface area contributed by atoms with Crippen LogP contribution < -0.4 is 6.64 Å². The molecule has 0 spiro atoms. The molecular formula is C26H36Cl4O2Ti. The zero-order chi connectivity index (χ0) is 25.2. The first-order valence-electron chi connectivity index (χ1n) is 11.3. The van der Waals surface area contributed by atoms with E-state index in [0.29, 0.717) is 11.5 Å². The van der Waals surface area contributed by atoms with Crippen LogP contribution in [0.5, 0.6) is 11.5 Å². The van der Waals surface area contributed by atoms with Gasteiger partial charge >= 0.3 is 224 Å². The Balaban J connectivity index is 2.18. The van der Waals surface area contributed by atoms with Gasteiger partial charge in [-0.3, -0.25) is 0 Å². The van der Waals surface area contributed by atoms with Crippen LogP contribution in [0.2, 0.25) is 0 Å². The molecule has 0 saturated carbocycles. The standard InChI is InChI=1S/2C13H19ClO.2ClH.Ti/c2*1-9-7-11(5-6-13(3,4)14)8-10(2)12(9)15;;;/h2*7-8,15H,5-6H2,1-4H3;2*1H;/q;;;;+4/p-4. The van der Waals surface area contributed by atoms with E-state index in [2.05, 4.69) is 24.3 Å². The van der Waals surface area contributed by atoms with Crippen molar-refractivity contribution in [2.45, 2.75) is 90.8 Å². The van der Waals surface area contributed by atoms with Gasteiger partial charge in [-0.2, -0.15) is 0 Å². The van der Waals surface area contributed by atoms with Gasteiger partial charge in [-0.25, -0.2) is 0 Å². The zero-order valence-corrected chi connectivity index (χ0v) is 25.6. The maximum atomic E-state index is 6.69. The first-order chi connectivity index (χ1) is 15.0. The van der Waals surface area contributed by atoms with Crippen molar-refractivity contribution in [2.75, 3.05) is 0 Å². The van der Waals surface area contributed by atoms with Crippen LogP contribution in [0, 0.1) is 27.7 Å². The molecule has 0 bridgehead atoms. The molecule has 0 fully saturated rings. The second-order valence-corrected chi connectivity index (χ2v) is 19.3. The van der Waals surface area contributed by atoms with E-state index in [0.717, 1.165) is 47.9 Å². The van der Waals surface area contributed by atoms with Crippen molar-refractivity contribution in [3.05, 3.63) is 57.6 Å². The van der Waals surface area contributed by atoms with Crippen LogP contribution in [0.4, 0.5) is 0 Å². The van der Waals surface area contributed by atoms with Crippen molar-refractivity contribution < 1.29 is 21.9 Å². The summed E-state index contributed by atoms with van der Waals surface area (Å²) >= 11 is 8.59. The van der Waals surface area contributed by atoms with Crippen LogP contribution >= 0.6 is 41.8 Å². The van der Waals surface area contributed by atoms with Gasteiger partial charge in [0, 0.05) is 0 Å². The van der Waals surface area contributed by atoms with E-state index in [1.807, 2.05) is 55.4 Å². The van der Waals surface area contributed by atoms with E-state index >= 15 is 0 Å². The van der Waals surface area contributed by atoms with Crippen molar-refractivity contribution in [1.29, 1.82) is 0 Å². The average Bonchev–Trinajstić information content (AvgIpc) is 2.63. The summed E-state index contributed by atoms with van der Waals surface area (Å²) < 4.78 is 12.3. The van der Waals surface area contributed by atoms with Crippen LogP contribution in [-0.4, -0.2) is 9.75 Å². The summed E-state index contributed by atoms with van der Waals surface area (Å²) in [5.41, 5.74) is 6.40. The fourth-order valence-corrected chi connectivity index (χ4v) is 7.11. The molecule has 0 aliphatic heterocycles. The third-order valence-electron chi connectivity index (χ3n) is 5.50. The van der Waals surface area contributed by atoms with Crippen LogP contribution in [-0.2, 0) is 28.1 Å². The predicted molar refractivity (Wildman–Crippen MR) is 141 cm³/mol. The molecule has 2 aromatic rings. The van der Waals surface area contributed by atoms with Gasteiger partial charge < -0.3 is 0 Å². The Labute approximate surface area is 222 Å². The Bertz CT molecular complexity index is 852. The number of alkyl halides is 2. The molecule has 0 amide bonds. The minimum atomic E-state index is -4.12. The van der Waals surface area contributed by atoms with Crippen molar-refractivity contribution in [3.63, 3.8) is 0 Å². The second-order valence-electron chi connectivity index (χ2n) is 10.2. The van der Waals surface area contributed by atoms with Gasteiger partial charge in [0.15, 0.2) is 0 Å². The van der Waals surface area contributed by atoms with Crippen molar-refractivity contribution in [2.24, 2.45) is 0 Å². The summed E-state index contributed by atoms with van der Waals surface area (Å²) in [5.74, 6) is 1.40. The molecule has 184 valence electrons. The molecule has 0 aromatic heterocycles. The predicted octanol–water partition coefficient (Wildman–Crippen LogP) is 9.57. The third kappa shape index (κ3) is 9.83. The minimum absolute atomic E-state index is 0.229. The summed E-state index contributed by atoms with van der Waals surface area (Å²) in [6.07, 6.45) is 3.57. The summed E-state index contributed by atoms with van der Waals surface area (Å²) in [6, 6.07) is 8.45. The molecule has 0 saturated heterocycles. The summed E-state index contributed by atoms with van der Waals surface area (Å²) in [7, 11) is 13.4. The van der Waals surface area contributed by atoms with Crippen molar-refractivity contribution in [1.82, 2.24) is 0 Å². The Morgan fingerprint density at radius 1 is 0.636 bits per heavy atom. The molecule has 0 radical (unpaired) electrons. The van der Waals surface area contributed by atoms with Crippen LogP contribution in [0.3, 0.4) is 0 Å². The van der Waals surface area contributed by atoms with Gasteiger partial charge in [0.2, 0.25) is 0 Å². The van der Waals surface area contributed by atoms with Gasteiger partial charge in [-0.05, 0) is 0 Å². The molecule has 0 aliphatic carbocycles. The fraction of sp³-hybridized carbons (Fsp3) is 0.538. The van der Waals surface area contributed by atoms with Crippen molar-refractivity contribution >= 4 is 41.8 Å². The van der Waals surface area contributed by atoms with E-state index in [1.165, 1.54) is 11.1 Å². The van der Waals surface area contributed by atoms with E-state index in [4.69, 9.17) is 48.4 Å². The monoisotopic (exact) mass is 568 g/mol. The number of hydrogen-bond acceptors (Lipinski definition) is 2. The molecule has 0 aliphatic rings. The molecule has 0 heterocycles. The van der Waals surface area contributed by atoms with E-state index < -0.39 is 15.2 Å². The molecule has 0 N–H and O–H groups in total. The first-order valence-corrected chi connectivity index (χ1v) is 17.6. The average molecular weight is 570 g/mol. The van der Waals surface area contributed by atoms with Gasteiger partial charge in [0.05, 0.1) is 0 Å². The van der Waals surface area contributed by atoms with E-state index in [1.54, 1.807) is 0 Å². The molecule has 2 nitrogen and oxygen atoms in total.